The fourth-order valence-electron chi connectivity index (χ4n) is 2.85. The normalized spacial score (nSPS) is 20.8. The number of Topliss-reactive ketones (excluding diaryl/α,β-unsaturated/α-hetero) is 1. The first kappa shape index (κ1) is 16.1. The molecule has 2 aliphatic carbocycles. The molecule has 1 heterocycles. The molecule has 2 amide bonds. The average molecular weight is 335 g/mol. The topological polar surface area (TPSA) is 88.2 Å². The second kappa shape index (κ2) is 6.39. The molecule has 2 aliphatic rings. The van der Waals surface area contributed by atoms with Gasteiger partial charge in [0.2, 0.25) is 11.8 Å². The van der Waals surface area contributed by atoms with E-state index in [0.29, 0.717) is 22.1 Å². The van der Waals surface area contributed by atoms with E-state index < -0.39 is 0 Å². The van der Waals surface area contributed by atoms with Crippen molar-refractivity contribution in [3.63, 3.8) is 0 Å². The van der Waals surface area contributed by atoms with Crippen LogP contribution in [-0.2, 0) is 16.0 Å². The van der Waals surface area contributed by atoms with Crippen molar-refractivity contribution in [2.45, 2.75) is 52.0 Å². The number of carbonyl (C=O) groups excluding carboxylic acids is 3. The zero-order valence-corrected chi connectivity index (χ0v) is 14.2. The number of fused-ring (bicyclic) bond motifs is 1. The summed E-state index contributed by atoms with van der Waals surface area (Å²) in [5, 5.41) is 6.14. The van der Waals surface area contributed by atoms with Gasteiger partial charge in [-0.1, -0.05) is 17.8 Å². The molecular weight excluding hydrogens is 314 g/mol. The van der Waals surface area contributed by atoms with Gasteiger partial charge in [0.05, 0.1) is 16.5 Å². The van der Waals surface area contributed by atoms with Gasteiger partial charge < -0.3 is 10.6 Å². The summed E-state index contributed by atoms with van der Waals surface area (Å²) >= 11 is 1.23. The van der Waals surface area contributed by atoms with Crippen LogP contribution in [0.1, 0.15) is 54.9 Å². The van der Waals surface area contributed by atoms with Gasteiger partial charge in [0, 0.05) is 24.8 Å². The molecule has 1 fully saturated rings. The van der Waals surface area contributed by atoms with Crippen molar-refractivity contribution < 1.29 is 14.4 Å². The van der Waals surface area contributed by atoms with Crippen LogP contribution in [0.2, 0.25) is 0 Å². The van der Waals surface area contributed by atoms with Gasteiger partial charge in [0.15, 0.2) is 10.9 Å². The van der Waals surface area contributed by atoms with E-state index in [1.165, 1.54) is 11.3 Å². The van der Waals surface area contributed by atoms with Gasteiger partial charge in [-0.15, -0.1) is 0 Å². The molecule has 1 unspecified atom stereocenters. The Bertz CT molecular complexity index is 649. The Hall–Kier alpha value is -1.76. The van der Waals surface area contributed by atoms with Gasteiger partial charge >= 0.3 is 0 Å². The van der Waals surface area contributed by atoms with Gasteiger partial charge in [-0.3, -0.25) is 14.4 Å². The maximum Gasteiger partial charge on any atom is 0.229 e. The summed E-state index contributed by atoms with van der Waals surface area (Å²) < 4.78 is 0. The van der Waals surface area contributed by atoms with E-state index >= 15 is 0 Å². The number of hydrogen-bond donors (Lipinski definition) is 2. The average Bonchev–Trinajstić information content (AvgIpc) is 2.78. The van der Waals surface area contributed by atoms with Crippen molar-refractivity contribution in [2.75, 3.05) is 5.32 Å². The SMILES string of the molecule is CC(C)NC(=O)C1CC(=O)c2sc(NC(=O)C3CCC3)nc2C1. The van der Waals surface area contributed by atoms with E-state index in [9.17, 15) is 14.4 Å². The highest BCUT2D eigenvalue weighted by Crippen LogP contribution is 2.34. The predicted molar refractivity (Wildman–Crippen MR) is 87.5 cm³/mol. The summed E-state index contributed by atoms with van der Waals surface area (Å²) in [5.74, 6) is -0.460. The van der Waals surface area contributed by atoms with Crippen LogP contribution in [0.4, 0.5) is 5.13 Å². The number of nitrogens with one attached hydrogen (secondary N) is 2. The second-order valence-electron chi connectivity index (χ2n) is 6.60. The van der Waals surface area contributed by atoms with Crippen LogP contribution in [-0.4, -0.2) is 28.6 Å². The molecule has 2 N–H and O–H groups in total. The number of ketones is 1. The van der Waals surface area contributed by atoms with Crippen LogP contribution >= 0.6 is 11.3 Å². The van der Waals surface area contributed by atoms with Crippen LogP contribution in [0.25, 0.3) is 0 Å². The molecule has 23 heavy (non-hydrogen) atoms. The quantitative estimate of drug-likeness (QED) is 0.882. The van der Waals surface area contributed by atoms with E-state index in [2.05, 4.69) is 15.6 Å². The summed E-state index contributed by atoms with van der Waals surface area (Å²) in [4.78, 5) is 41.3. The fourth-order valence-corrected chi connectivity index (χ4v) is 3.79. The third-order valence-corrected chi connectivity index (χ3v) is 5.38. The minimum absolute atomic E-state index is 0.0103. The number of thiazole rings is 1. The van der Waals surface area contributed by atoms with E-state index in [1.54, 1.807) is 0 Å². The highest BCUT2D eigenvalue weighted by atomic mass is 32.1. The highest BCUT2D eigenvalue weighted by molar-refractivity contribution is 7.17. The molecule has 0 radical (unpaired) electrons. The van der Waals surface area contributed by atoms with Crippen LogP contribution in [0.15, 0.2) is 0 Å². The number of anilines is 1. The van der Waals surface area contributed by atoms with Crippen molar-refractivity contribution in [2.24, 2.45) is 11.8 Å². The number of nitrogens with zero attached hydrogens (tertiary/aromatic N) is 1. The maximum absolute atomic E-state index is 12.3. The minimum Gasteiger partial charge on any atom is -0.354 e. The smallest absolute Gasteiger partial charge is 0.229 e. The summed E-state index contributed by atoms with van der Waals surface area (Å²) in [6.45, 7) is 3.79. The number of carbonyl (C=O) groups is 3. The summed E-state index contributed by atoms with van der Waals surface area (Å²) in [7, 11) is 0. The van der Waals surface area contributed by atoms with E-state index in [0.717, 1.165) is 19.3 Å². The number of hydrogen-bond acceptors (Lipinski definition) is 5. The van der Waals surface area contributed by atoms with Gasteiger partial charge in [0.1, 0.15) is 0 Å². The van der Waals surface area contributed by atoms with Crippen molar-refractivity contribution in [3.8, 4) is 0 Å². The Kier molecular flexibility index (Phi) is 4.48. The number of amides is 2. The molecule has 1 aromatic rings. The van der Waals surface area contributed by atoms with Gasteiger partial charge in [-0.2, -0.15) is 0 Å². The molecule has 1 atom stereocenters. The molecule has 0 spiro atoms. The zero-order chi connectivity index (χ0) is 16.6. The van der Waals surface area contributed by atoms with Gasteiger partial charge in [-0.25, -0.2) is 4.98 Å². The largest absolute Gasteiger partial charge is 0.354 e. The Balaban J connectivity index is 1.70. The third kappa shape index (κ3) is 3.44. The number of aromatic nitrogens is 1. The number of rotatable bonds is 4. The third-order valence-electron chi connectivity index (χ3n) is 4.33. The van der Waals surface area contributed by atoms with Crippen LogP contribution in [0, 0.1) is 11.8 Å². The minimum atomic E-state index is -0.366. The Labute approximate surface area is 139 Å². The molecule has 3 rings (SSSR count). The zero-order valence-electron chi connectivity index (χ0n) is 13.3. The molecule has 6 nitrogen and oxygen atoms in total. The molecule has 1 aromatic heterocycles. The monoisotopic (exact) mass is 335 g/mol. The predicted octanol–water partition coefficient (Wildman–Crippen LogP) is 2.15. The lowest BCUT2D eigenvalue weighted by Crippen LogP contribution is -2.39. The lowest BCUT2D eigenvalue weighted by atomic mass is 9.85. The highest BCUT2D eigenvalue weighted by Gasteiger charge is 2.34. The van der Waals surface area contributed by atoms with Crippen molar-refractivity contribution in [1.82, 2.24) is 10.3 Å². The lowest BCUT2D eigenvalue weighted by molar-refractivity contribution is -0.125. The summed E-state index contributed by atoms with van der Waals surface area (Å²) in [5.41, 5.74) is 0.638. The van der Waals surface area contributed by atoms with Crippen molar-refractivity contribution >= 4 is 34.1 Å². The molecular formula is C16H21N3O3S. The summed E-state index contributed by atoms with van der Waals surface area (Å²) in [6, 6.07) is 0.0479. The van der Waals surface area contributed by atoms with Crippen LogP contribution in [0.5, 0.6) is 0 Å². The van der Waals surface area contributed by atoms with Crippen LogP contribution < -0.4 is 10.6 Å². The van der Waals surface area contributed by atoms with Crippen LogP contribution in [0.3, 0.4) is 0 Å². The Morgan fingerprint density at radius 2 is 1.91 bits per heavy atom. The van der Waals surface area contributed by atoms with Gasteiger partial charge in [-0.05, 0) is 26.7 Å². The molecule has 7 heteroatoms. The molecule has 1 saturated carbocycles. The molecule has 124 valence electrons. The molecule has 0 bridgehead atoms. The first-order valence-electron chi connectivity index (χ1n) is 8.08. The standard InChI is InChI=1S/C16H21N3O3S/c1-8(2)17-15(22)10-6-11-13(12(20)7-10)23-16(18-11)19-14(21)9-4-3-5-9/h8-10H,3-7H2,1-2H3,(H,17,22)(H,18,19,21). The first-order chi connectivity index (χ1) is 10.9. The molecule has 0 aromatic carbocycles. The van der Waals surface area contributed by atoms with E-state index in [4.69, 9.17) is 0 Å². The first-order valence-corrected chi connectivity index (χ1v) is 8.90. The fraction of sp³-hybridized carbons (Fsp3) is 0.625. The Morgan fingerprint density at radius 1 is 1.17 bits per heavy atom. The molecule has 0 aliphatic heterocycles. The van der Waals surface area contributed by atoms with E-state index in [-0.39, 0.29) is 41.9 Å². The lowest BCUT2D eigenvalue weighted by Gasteiger charge is -2.23. The van der Waals surface area contributed by atoms with E-state index in [1.807, 2.05) is 13.8 Å². The van der Waals surface area contributed by atoms with Crippen molar-refractivity contribution in [1.29, 1.82) is 0 Å². The maximum atomic E-state index is 12.3. The van der Waals surface area contributed by atoms with Gasteiger partial charge in [0.25, 0.3) is 0 Å². The Morgan fingerprint density at radius 3 is 2.52 bits per heavy atom. The second-order valence-corrected chi connectivity index (χ2v) is 7.60. The van der Waals surface area contributed by atoms with Crippen molar-refractivity contribution in [3.05, 3.63) is 10.6 Å². The summed E-state index contributed by atoms with van der Waals surface area (Å²) in [6.07, 6.45) is 3.61. The molecule has 0 saturated heterocycles.